The van der Waals surface area contributed by atoms with Crippen molar-refractivity contribution in [3.05, 3.63) is 61.1 Å². The van der Waals surface area contributed by atoms with Crippen LogP contribution < -0.4 is 10.5 Å². The number of fused-ring (bicyclic) bond motifs is 2. The number of nitrogens with zero attached hydrogens (tertiary/aromatic N) is 2. The smallest absolute Gasteiger partial charge is 0.156 e. The van der Waals surface area contributed by atoms with Crippen molar-refractivity contribution in [3.8, 4) is 28.1 Å². The van der Waals surface area contributed by atoms with Crippen LogP contribution in [0.4, 0.5) is 5.69 Å². The van der Waals surface area contributed by atoms with E-state index >= 15 is 0 Å². The average Bonchev–Trinajstić information content (AvgIpc) is 3.34. The Balaban J connectivity index is 1.66. The van der Waals surface area contributed by atoms with Crippen molar-refractivity contribution in [1.29, 1.82) is 0 Å². The number of anilines is 1. The highest BCUT2D eigenvalue weighted by atomic mass is 16.5. The van der Waals surface area contributed by atoms with E-state index in [1.807, 2.05) is 30.6 Å². The second kappa shape index (κ2) is 5.88. The number of rotatable bonds is 3. The summed E-state index contributed by atoms with van der Waals surface area (Å²) in [7, 11) is 1.60. The van der Waals surface area contributed by atoms with Crippen LogP contribution in [0.25, 0.3) is 44.5 Å². The fourth-order valence-corrected chi connectivity index (χ4v) is 3.34. The van der Waals surface area contributed by atoms with E-state index in [2.05, 4.69) is 39.2 Å². The third-order valence-electron chi connectivity index (χ3n) is 4.77. The molecule has 5 aromatic rings. The lowest BCUT2D eigenvalue weighted by Crippen LogP contribution is -1.94. The number of nitrogens with two attached hydrogens (primary N) is 1. The molecule has 0 saturated carbocycles. The van der Waals surface area contributed by atoms with Gasteiger partial charge in [-0.2, -0.15) is 0 Å². The Morgan fingerprint density at radius 3 is 2.78 bits per heavy atom. The van der Waals surface area contributed by atoms with E-state index in [0.717, 1.165) is 44.5 Å². The molecule has 4 N–H and O–H groups in total. The van der Waals surface area contributed by atoms with Crippen LogP contribution in [0, 0.1) is 0 Å². The van der Waals surface area contributed by atoms with Crippen LogP contribution in [0.3, 0.4) is 0 Å². The van der Waals surface area contributed by atoms with E-state index in [-0.39, 0.29) is 0 Å². The lowest BCUT2D eigenvalue weighted by molar-refractivity contribution is 0.417. The monoisotopic (exact) mass is 355 g/mol. The molecule has 0 bridgehead atoms. The van der Waals surface area contributed by atoms with E-state index in [4.69, 9.17) is 15.5 Å². The molecule has 0 saturated heterocycles. The molecular formula is C21H17N5O. The predicted octanol–water partition coefficient (Wildman–Crippen LogP) is 4.36. The van der Waals surface area contributed by atoms with Gasteiger partial charge >= 0.3 is 0 Å². The van der Waals surface area contributed by atoms with Gasteiger partial charge in [0.25, 0.3) is 0 Å². The minimum absolute atomic E-state index is 0.595. The van der Waals surface area contributed by atoms with Gasteiger partial charge in [-0.25, -0.2) is 9.97 Å². The van der Waals surface area contributed by atoms with Crippen molar-refractivity contribution in [2.45, 2.75) is 0 Å². The quantitative estimate of drug-likeness (QED) is 0.419. The summed E-state index contributed by atoms with van der Waals surface area (Å²) < 4.78 is 5.32. The molecule has 6 heteroatoms. The van der Waals surface area contributed by atoms with Gasteiger partial charge in [0.15, 0.2) is 5.65 Å². The maximum Gasteiger partial charge on any atom is 0.156 e. The van der Waals surface area contributed by atoms with Gasteiger partial charge in [-0.3, -0.25) is 0 Å². The second-order valence-corrected chi connectivity index (χ2v) is 6.39. The minimum Gasteiger partial charge on any atom is -0.495 e. The van der Waals surface area contributed by atoms with Crippen molar-refractivity contribution < 1.29 is 4.74 Å². The van der Waals surface area contributed by atoms with Gasteiger partial charge in [0.05, 0.1) is 24.7 Å². The number of methoxy groups -OCH3 is 1. The number of ether oxygens (including phenoxy) is 1. The van der Waals surface area contributed by atoms with E-state index in [9.17, 15) is 0 Å². The van der Waals surface area contributed by atoms with Crippen LogP contribution in [0.5, 0.6) is 5.75 Å². The Morgan fingerprint density at radius 1 is 1.00 bits per heavy atom. The van der Waals surface area contributed by atoms with Crippen molar-refractivity contribution in [1.82, 2.24) is 19.9 Å². The maximum absolute atomic E-state index is 5.92. The molecular weight excluding hydrogens is 338 g/mol. The number of benzene rings is 2. The first-order chi connectivity index (χ1) is 13.2. The van der Waals surface area contributed by atoms with Gasteiger partial charge in [-0.15, -0.1) is 0 Å². The summed E-state index contributed by atoms with van der Waals surface area (Å²) in [5.74, 6) is 0.626. The minimum atomic E-state index is 0.595. The van der Waals surface area contributed by atoms with Crippen LogP contribution >= 0.6 is 0 Å². The topological polar surface area (TPSA) is 92.6 Å². The normalized spacial score (nSPS) is 11.3. The molecule has 0 atom stereocenters. The zero-order chi connectivity index (χ0) is 18.4. The second-order valence-electron chi connectivity index (χ2n) is 6.39. The molecule has 0 fully saturated rings. The van der Waals surface area contributed by atoms with Crippen LogP contribution in [0.2, 0.25) is 0 Å². The summed E-state index contributed by atoms with van der Waals surface area (Å²) in [6, 6.07) is 14.0. The largest absolute Gasteiger partial charge is 0.495 e. The fraction of sp³-hybridized carbons (Fsp3) is 0.0476. The van der Waals surface area contributed by atoms with Crippen LogP contribution in [-0.2, 0) is 0 Å². The fourth-order valence-electron chi connectivity index (χ4n) is 3.34. The summed E-state index contributed by atoms with van der Waals surface area (Å²) in [6.07, 6.45) is 5.64. The summed E-state index contributed by atoms with van der Waals surface area (Å²) in [5.41, 5.74) is 13.0. The number of hydrogen-bond donors (Lipinski definition) is 3. The summed E-state index contributed by atoms with van der Waals surface area (Å²) in [6.45, 7) is 0. The van der Waals surface area contributed by atoms with E-state index in [0.29, 0.717) is 11.4 Å². The summed E-state index contributed by atoms with van der Waals surface area (Å²) >= 11 is 0. The highest BCUT2D eigenvalue weighted by Gasteiger charge is 2.12. The molecule has 0 radical (unpaired) electrons. The van der Waals surface area contributed by atoms with Crippen LogP contribution in [0.1, 0.15) is 0 Å². The standard InChI is InChI=1S/C21H17N5O/c1-27-19-9-13(2-4-16(19)22)18-11-25-21-20(26-18)15(10-24-21)12-3-5-17-14(8-12)6-7-23-17/h2-11,23H,22H2,1H3,(H,24,25). The molecule has 2 aromatic carbocycles. The zero-order valence-electron chi connectivity index (χ0n) is 14.7. The molecule has 0 spiro atoms. The Hall–Kier alpha value is -3.80. The van der Waals surface area contributed by atoms with E-state index < -0.39 is 0 Å². The molecule has 3 heterocycles. The van der Waals surface area contributed by atoms with Crippen molar-refractivity contribution in [3.63, 3.8) is 0 Å². The lowest BCUT2D eigenvalue weighted by Gasteiger charge is -2.07. The number of aromatic nitrogens is 4. The predicted molar refractivity (Wildman–Crippen MR) is 108 cm³/mol. The number of nitrogen functional groups attached to an aromatic ring is 1. The average molecular weight is 355 g/mol. The molecule has 27 heavy (non-hydrogen) atoms. The summed E-state index contributed by atoms with van der Waals surface area (Å²) in [5, 5.41) is 1.16. The maximum atomic E-state index is 5.92. The Morgan fingerprint density at radius 2 is 1.89 bits per heavy atom. The van der Waals surface area contributed by atoms with Crippen molar-refractivity contribution in [2.24, 2.45) is 0 Å². The number of nitrogens with one attached hydrogen (secondary N) is 2. The summed E-state index contributed by atoms with van der Waals surface area (Å²) in [4.78, 5) is 15.8. The Bertz CT molecular complexity index is 1280. The molecule has 0 aliphatic rings. The SMILES string of the molecule is COc1cc(-c2cnc3[nH]cc(-c4ccc5[nH]ccc5c4)c3n2)ccc1N. The third-order valence-corrected chi connectivity index (χ3v) is 4.77. The molecule has 0 aliphatic carbocycles. The third kappa shape index (κ3) is 2.50. The Kier molecular flexibility index (Phi) is 3.36. The first-order valence-electron chi connectivity index (χ1n) is 8.58. The number of H-pyrrole nitrogens is 2. The van der Waals surface area contributed by atoms with Gasteiger partial charge < -0.3 is 20.4 Å². The molecule has 0 amide bonds. The first-order valence-corrected chi connectivity index (χ1v) is 8.58. The molecule has 3 aromatic heterocycles. The van der Waals surface area contributed by atoms with Crippen LogP contribution in [0.15, 0.2) is 61.1 Å². The number of aromatic amines is 2. The van der Waals surface area contributed by atoms with Crippen LogP contribution in [-0.4, -0.2) is 27.0 Å². The highest BCUT2D eigenvalue weighted by Crippen LogP contribution is 2.32. The lowest BCUT2D eigenvalue weighted by atomic mass is 10.1. The van der Waals surface area contributed by atoms with Gasteiger partial charge in [-0.05, 0) is 41.3 Å². The molecule has 0 unspecified atom stereocenters. The molecule has 132 valence electrons. The number of hydrogen-bond acceptors (Lipinski definition) is 4. The van der Waals surface area contributed by atoms with Gasteiger partial charge in [0.2, 0.25) is 0 Å². The molecule has 0 aliphatic heterocycles. The van der Waals surface area contributed by atoms with E-state index in [1.165, 1.54) is 0 Å². The highest BCUT2D eigenvalue weighted by molar-refractivity contribution is 5.94. The Labute approximate surface area is 155 Å². The molecule has 6 nitrogen and oxygen atoms in total. The van der Waals surface area contributed by atoms with E-state index in [1.54, 1.807) is 13.3 Å². The van der Waals surface area contributed by atoms with Gasteiger partial charge in [0.1, 0.15) is 11.3 Å². The zero-order valence-corrected chi connectivity index (χ0v) is 14.7. The van der Waals surface area contributed by atoms with Gasteiger partial charge in [-0.1, -0.05) is 12.1 Å². The molecule has 5 rings (SSSR count). The van der Waals surface area contributed by atoms with Crippen molar-refractivity contribution in [2.75, 3.05) is 12.8 Å². The van der Waals surface area contributed by atoms with Crippen molar-refractivity contribution >= 4 is 27.8 Å². The van der Waals surface area contributed by atoms with Gasteiger partial charge in [0, 0.05) is 29.0 Å². The first kappa shape index (κ1) is 15.5.